The van der Waals surface area contributed by atoms with E-state index in [4.69, 9.17) is 4.74 Å². The zero-order valence-electron chi connectivity index (χ0n) is 27.5. The summed E-state index contributed by atoms with van der Waals surface area (Å²) in [5, 5.41) is 13.3. The summed E-state index contributed by atoms with van der Waals surface area (Å²) in [4.78, 5) is 23.8. The van der Waals surface area contributed by atoms with Crippen LogP contribution in [0.4, 0.5) is 26.1 Å². The molecule has 5 rings (SSSR count). The van der Waals surface area contributed by atoms with Crippen LogP contribution in [0.2, 0.25) is 0 Å². The van der Waals surface area contributed by atoms with Crippen molar-refractivity contribution >= 4 is 34.1 Å². The number of halogens is 2. The van der Waals surface area contributed by atoms with Crippen LogP contribution in [0.3, 0.4) is 0 Å². The molecule has 0 unspecified atom stereocenters. The van der Waals surface area contributed by atoms with Gasteiger partial charge in [0.2, 0.25) is 5.91 Å². The number of carbonyl (C=O) groups excluding carboxylic acids is 1. The number of amides is 1. The SMILES string of the molecule is CC(C)(C)[C]([C@@H]1CCCN1CCCOc1ccc2c(Nc3cc(CC(=O)Nc4cccc(F)c4F)[nH]n3)ncnc2c1)C(C)(C)C. The summed E-state index contributed by atoms with van der Waals surface area (Å²) in [7, 11) is 0. The van der Waals surface area contributed by atoms with Gasteiger partial charge in [0, 0.05) is 41.7 Å². The normalized spacial score (nSPS) is 15.9. The van der Waals surface area contributed by atoms with Gasteiger partial charge in [-0.15, -0.1) is 0 Å². The molecule has 1 aliphatic heterocycles. The first-order chi connectivity index (χ1) is 21.8. The summed E-state index contributed by atoms with van der Waals surface area (Å²) in [5.74, 6) is 0.715. The fourth-order valence-electron chi connectivity index (χ4n) is 6.83. The van der Waals surface area contributed by atoms with Gasteiger partial charge in [0.05, 0.1) is 24.2 Å². The number of fused-ring (bicyclic) bond motifs is 1. The minimum atomic E-state index is -1.10. The monoisotopic (exact) mass is 632 g/mol. The number of nitrogens with zero attached hydrogens (tertiary/aromatic N) is 4. The maximum absolute atomic E-state index is 13.9. The van der Waals surface area contributed by atoms with Gasteiger partial charge in [-0.25, -0.2) is 18.7 Å². The molecule has 11 heteroatoms. The lowest BCUT2D eigenvalue weighted by molar-refractivity contribution is -0.115. The highest BCUT2D eigenvalue weighted by atomic mass is 19.2. The van der Waals surface area contributed by atoms with Gasteiger partial charge in [-0.1, -0.05) is 47.6 Å². The number of hydrogen-bond acceptors (Lipinski definition) is 7. The van der Waals surface area contributed by atoms with Crippen molar-refractivity contribution < 1.29 is 18.3 Å². The molecule has 1 amide bonds. The van der Waals surface area contributed by atoms with E-state index >= 15 is 0 Å². The Kier molecular flexibility index (Phi) is 9.91. The van der Waals surface area contributed by atoms with E-state index in [1.807, 2.05) is 18.2 Å². The highest BCUT2D eigenvalue weighted by Gasteiger charge is 2.44. The van der Waals surface area contributed by atoms with E-state index in [1.54, 1.807) is 12.0 Å². The molecular formula is C35H44F2N7O2. The van der Waals surface area contributed by atoms with Gasteiger partial charge < -0.3 is 15.4 Å². The van der Waals surface area contributed by atoms with Crippen LogP contribution in [0.1, 0.15) is 66.5 Å². The van der Waals surface area contributed by atoms with Crippen molar-refractivity contribution in [2.75, 3.05) is 30.3 Å². The van der Waals surface area contributed by atoms with Crippen LogP contribution in [0.25, 0.3) is 10.9 Å². The number of H-pyrrole nitrogens is 1. The van der Waals surface area contributed by atoms with E-state index in [9.17, 15) is 13.6 Å². The minimum absolute atomic E-state index is 0.110. The first kappa shape index (κ1) is 33.2. The predicted molar refractivity (Wildman–Crippen MR) is 177 cm³/mol. The van der Waals surface area contributed by atoms with E-state index in [0.29, 0.717) is 30.0 Å². The number of aromatic nitrogens is 4. The van der Waals surface area contributed by atoms with E-state index < -0.39 is 17.5 Å². The lowest BCUT2D eigenvalue weighted by Gasteiger charge is -2.46. The molecule has 9 nitrogen and oxygen atoms in total. The fourth-order valence-corrected chi connectivity index (χ4v) is 6.83. The van der Waals surface area contributed by atoms with Gasteiger partial charge in [0.15, 0.2) is 17.5 Å². The summed E-state index contributed by atoms with van der Waals surface area (Å²) < 4.78 is 33.5. The number of ether oxygens (including phenoxy) is 1. The molecule has 0 bridgehead atoms. The maximum Gasteiger partial charge on any atom is 0.230 e. The largest absolute Gasteiger partial charge is 0.493 e. The van der Waals surface area contributed by atoms with E-state index in [1.165, 1.54) is 31.3 Å². The van der Waals surface area contributed by atoms with Crippen LogP contribution >= 0.6 is 0 Å². The molecule has 0 saturated carbocycles. The van der Waals surface area contributed by atoms with E-state index in [0.717, 1.165) is 42.2 Å². The molecule has 3 N–H and O–H groups in total. The molecule has 4 aromatic rings. The molecule has 2 aromatic heterocycles. The van der Waals surface area contributed by atoms with E-state index in [-0.39, 0.29) is 22.9 Å². The third kappa shape index (κ3) is 7.99. The zero-order valence-corrected chi connectivity index (χ0v) is 27.5. The van der Waals surface area contributed by atoms with Crippen molar-refractivity contribution in [2.24, 2.45) is 10.8 Å². The quantitative estimate of drug-likeness (QED) is 0.147. The molecule has 46 heavy (non-hydrogen) atoms. The summed E-state index contributed by atoms with van der Waals surface area (Å²) in [6, 6.07) is 11.5. The number of anilines is 3. The molecule has 1 aliphatic rings. The molecule has 1 atom stereocenters. The fraction of sp³-hybridized carbons (Fsp3) is 0.457. The molecule has 1 fully saturated rings. The number of rotatable bonds is 11. The standard InChI is InChI=1S/C35H44F2N7O2/c1-34(2,3)32(35(4,5)6)28-12-8-15-44(28)16-9-17-46-23-13-14-24-27(20-23)38-21-39-33(24)41-29-18-22(42-43-29)19-30(45)40-26-11-7-10-25(36)31(26)37/h7,10-11,13-14,18,20-21,28H,8-9,12,15-17,19H2,1-6H3,(H,40,45)(H2,38,39,41,42,43)/t28-/m0/s1. The second kappa shape index (κ2) is 13.7. The summed E-state index contributed by atoms with van der Waals surface area (Å²) in [6.07, 6.45) is 4.74. The van der Waals surface area contributed by atoms with Gasteiger partial charge >= 0.3 is 0 Å². The number of benzene rings is 2. The molecule has 3 heterocycles. The van der Waals surface area contributed by atoms with Crippen molar-refractivity contribution in [1.82, 2.24) is 25.1 Å². The number of aromatic amines is 1. The predicted octanol–water partition coefficient (Wildman–Crippen LogP) is 7.46. The number of likely N-dealkylation sites (tertiary alicyclic amines) is 1. The van der Waals surface area contributed by atoms with Crippen molar-refractivity contribution in [1.29, 1.82) is 0 Å². The van der Waals surface area contributed by atoms with Gasteiger partial charge in [-0.3, -0.25) is 14.8 Å². The highest BCUT2D eigenvalue weighted by Crippen LogP contribution is 2.48. The number of carbonyl (C=O) groups is 1. The maximum atomic E-state index is 13.9. The Labute approximate surface area is 269 Å². The lowest BCUT2D eigenvalue weighted by atomic mass is 9.63. The Morgan fingerprint density at radius 2 is 1.85 bits per heavy atom. The molecule has 0 spiro atoms. The molecule has 0 aliphatic carbocycles. The Morgan fingerprint density at radius 3 is 2.61 bits per heavy atom. The first-order valence-corrected chi connectivity index (χ1v) is 15.8. The van der Waals surface area contributed by atoms with Crippen LogP contribution in [-0.4, -0.2) is 56.7 Å². The van der Waals surface area contributed by atoms with Gasteiger partial charge in [0.1, 0.15) is 17.9 Å². The Morgan fingerprint density at radius 1 is 1.07 bits per heavy atom. The second-order valence-electron chi connectivity index (χ2n) is 13.9. The van der Waals surface area contributed by atoms with E-state index in [2.05, 4.69) is 77.2 Å². The van der Waals surface area contributed by atoms with Gasteiger partial charge in [-0.05, 0) is 60.9 Å². The number of nitrogens with one attached hydrogen (secondary N) is 3. The highest BCUT2D eigenvalue weighted by molar-refractivity contribution is 5.93. The van der Waals surface area contributed by atoms with Gasteiger partial charge in [0.25, 0.3) is 0 Å². The molecule has 2 aromatic carbocycles. The second-order valence-corrected chi connectivity index (χ2v) is 13.9. The van der Waals surface area contributed by atoms with Crippen molar-refractivity contribution in [3.05, 3.63) is 72.0 Å². The topological polar surface area (TPSA) is 108 Å². The first-order valence-electron chi connectivity index (χ1n) is 15.8. The third-order valence-corrected chi connectivity index (χ3v) is 8.23. The van der Waals surface area contributed by atoms with Gasteiger partial charge in [-0.2, -0.15) is 5.10 Å². The van der Waals surface area contributed by atoms with Crippen LogP contribution < -0.4 is 15.4 Å². The summed E-state index contributed by atoms with van der Waals surface area (Å²) in [6.45, 7) is 16.8. The smallest absolute Gasteiger partial charge is 0.230 e. The molecule has 245 valence electrons. The third-order valence-electron chi connectivity index (χ3n) is 8.23. The van der Waals surface area contributed by atoms with Crippen molar-refractivity contribution in [2.45, 2.75) is 73.3 Å². The van der Waals surface area contributed by atoms with Crippen LogP contribution in [0.5, 0.6) is 5.75 Å². The average molecular weight is 633 g/mol. The summed E-state index contributed by atoms with van der Waals surface area (Å²) >= 11 is 0. The van der Waals surface area contributed by atoms with Crippen LogP contribution in [-0.2, 0) is 11.2 Å². The summed E-state index contributed by atoms with van der Waals surface area (Å²) in [5.41, 5.74) is 1.30. The lowest BCUT2D eigenvalue weighted by Crippen LogP contribution is -2.46. The van der Waals surface area contributed by atoms with Crippen LogP contribution in [0, 0.1) is 28.4 Å². The Bertz CT molecular complexity index is 1650. The Hall–Kier alpha value is -4.12. The molecule has 1 saturated heterocycles. The minimum Gasteiger partial charge on any atom is -0.493 e. The number of hydrogen-bond donors (Lipinski definition) is 3. The van der Waals surface area contributed by atoms with Crippen molar-refractivity contribution in [3.8, 4) is 5.75 Å². The zero-order chi connectivity index (χ0) is 33.1. The average Bonchev–Trinajstić information content (AvgIpc) is 3.61. The molecular weight excluding hydrogens is 588 g/mol. The molecule has 1 radical (unpaired) electrons. The van der Waals surface area contributed by atoms with Crippen LogP contribution in [0.15, 0.2) is 48.8 Å². The van der Waals surface area contributed by atoms with Crippen molar-refractivity contribution in [3.63, 3.8) is 0 Å². The Balaban J connectivity index is 1.15.